The van der Waals surface area contributed by atoms with Gasteiger partial charge >= 0.3 is 0 Å². The number of methoxy groups -OCH3 is 1. The molecule has 0 bridgehead atoms. The Morgan fingerprint density at radius 1 is 1.21 bits per heavy atom. The van der Waals surface area contributed by atoms with Crippen LogP contribution < -0.4 is 4.90 Å². The first-order chi connectivity index (χ1) is 16.2. The summed E-state index contributed by atoms with van der Waals surface area (Å²) in [6.07, 6.45) is 6.43. The normalized spacial score (nSPS) is 26.0. The summed E-state index contributed by atoms with van der Waals surface area (Å²) in [5.41, 5.74) is 0.895. The molecule has 3 aliphatic rings. The maximum Gasteiger partial charge on any atom is 0.229 e. The fourth-order valence-electron chi connectivity index (χ4n) is 6.06. The standard InChI is InChI=1S/C25H35N5O3/c1-33-14-13-29(16-18-7-6-12-28-11-5-4-10-22(18)28)25(32)19-15-23(31)30(17-19)24-20-8-2-3-9-21(20)26-27-24/h2-3,8-9,18-19,22H,4-7,10-17H2,1H3,(H,26,27)/t18-,19+,22-/m0/s1. The highest BCUT2D eigenvalue weighted by atomic mass is 16.5. The van der Waals surface area contributed by atoms with Gasteiger partial charge in [0.25, 0.3) is 0 Å². The van der Waals surface area contributed by atoms with Crippen LogP contribution >= 0.6 is 0 Å². The van der Waals surface area contributed by atoms with Crippen molar-refractivity contribution in [2.45, 2.75) is 44.6 Å². The van der Waals surface area contributed by atoms with Gasteiger partial charge in [0.05, 0.1) is 18.0 Å². The molecule has 1 N–H and O–H groups in total. The van der Waals surface area contributed by atoms with Crippen LogP contribution in [0, 0.1) is 11.8 Å². The second-order valence-electron chi connectivity index (χ2n) is 9.78. The number of fused-ring (bicyclic) bond motifs is 2. The van der Waals surface area contributed by atoms with Crippen molar-refractivity contribution in [2.24, 2.45) is 11.8 Å². The van der Waals surface area contributed by atoms with Gasteiger partial charge in [-0.05, 0) is 56.8 Å². The molecule has 3 aliphatic heterocycles. The Hall–Kier alpha value is -2.45. The zero-order valence-corrected chi connectivity index (χ0v) is 19.5. The largest absolute Gasteiger partial charge is 0.383 e. The third-order valence-corrected chi connectivity index (χ3v) is 7.74. The predicted octanol–water partition coefficient (Wildman–Crippen LogP) is 2.66. The molecule has 4 heterocycles. The van der Waals surface area contributed by atoms with E-state index < -0.39 is 0 Å². The Morgan fingerprint density at radius 2 is 2.06 bits per heavy atom. The van der Waals surface area contributed by atoms with E-state index in [1.165, 1.54) is 45.2 Å². The highest BCUT2D eigenvalue weighted by molar-refractivity contribution is 6.05. The molecule has 2 amide bonds. The van der Waals surface area contributed by atoms with Crippen molar-refractivity contribution in [3.63, 3.8) is 0 Å². The number of anilines is 1. The number of carbonyl (C=O) groups is 2. The van der Waals surface area contributed by atoms with Crippen LogP contribution in [-0.2, 0) is 14.3 Å². The van der Waals surface area contributed by atoms with Gasteiger partial charge in [0.2, 0.25) is 11.8 Å². The van der Waals surface area contributed by atoms with Crippen LogP contribution in [0.15, 0.2) is 24.3 Å². The molecule has 3 fully saturated rings. The van der Waals surface area contributed by atoms with E-state index in [1.807, 2.05) is 29.2 Å². The summed E-state index contributed by atoms with van der Waals surface area (Å²) < 4.78 is 5.33. The van der Waals surface area contributed by atoms with E-state index in [-0.39, 0.29) is 24.2 Å². The van der Waals surface area contributed by atoms with Crippen molar-refractivity contribution in [3.8, 4) is 0 Å². The first-order valence-corrected chi connectivity index (χ1v) is 12.4. The molecule has 3 saturated heterocycles. The second-order valence-corrected chi connectivity index (χ2v) is 9.78. The molecule has 2 aromatic rings. The van der Waals surface area contributed by atoms with Gasteiger partial charge in [-0.1, -0.05) is 18.6 Å². The molecule has 5 rings (SSSR count). The number of hydrogen-bond acceptors (Lipinski definition) is 5. The summed E-state index contributed by atoms with van der Waals surface area (Å²) in [5.74, 6) is 0.836. The zero-order valence-electron chi connectivity index (χ0n) is 19.5. The van der Waals surface area contributed by atoms with Crippen molar-refractivity contribution < 1.29 is 14.3 Å². The lowest BCUT2D eigenvalue weighted by molar-refractivity contribution is -0.137. The van der Waals surface area contributed by atoms with Gasteiger partial charge in [0, 0.05) is 44.6 Å². The number of aromatic nitrogens is 2. The van der Waals surface area contributed by atoms with Crippen LogP contribution in [0.4, 0.5) is 5.82 Å². The van der Waals surface area contributed by atoms with Crippen LogP contribution in [0.25, 0.3) is 10.9 Å². The molecular formula is C25H35N5O3. The van der Waals surface area contributed by atoms with Gasteiger partial charge in [0.1, 0.15) is 0 Å². The minimum absolute atomic E-state index is 0.0339. The maximum atomic E-state index is 13.7. The van der Waals surface area contributed by atoms with E-state index in [4.69, 9.17) is 4.74 Å². The van der Waals surface area contributed by atoms with Crippen LogP contribution in [0.2, 0.25) is 0 Å². The maximum absolute atomic E-state index is 13.7. The monoisotopic (exact) mass is 453 g/mol. The van der Waals surface area contributed by atoms with Gasteiger partial charge in [-0.25, -0.2) is 0 Å². The van der Waals surface area contributed by atoms with E-state index >= 15 is 0 Å². The van der Waals surface area contributed by atoms with E-state index in [1.54, 1.807) is 12.0 Å². The first kappa shape index (κ1) is 22.3. The van der Waals surface area contributed by atoms with Crippen LogP contribution in [0.5, 0.6) is 0 Å². The zero-order chi connectivity index (χ0) is 22.8. The first-order valence-electron chi connectivity index (χ1n) is 12.4. The van der Waals surface area contributed by atoms with Crippen LogP contribution in [0.1, 0.15) is 38.5 Å². The fourth-order valence-corrected chi connectivity index (χ4v) is 6.06. The molecule has 0 unspecified atom stereocenters. The van der Waals surface area contributed by atoms with Gasteiger partial charge in [-0.3, -0.25) is 19.6 Å². The van der Waals surface area contributed by atoms with Gasteiger partial charge < -0.3 is 14.5 Å². The topological polar surface area (TPSA) is 81.8 Å². The molecular weight excluding hydrogens is 418 g/mol. The van der Waals surface area contributed by atoms with E-state index in [2.05, 4.69) is 15.1 Å². The number of amides is 2. The lowest BCUT2D eigenvalue weighted by Crippen LogP contribution is -2.52. The number of aromatic amines is 1. The van der Waals surface area contributed by atoms with Crippen molar-refractivity contribution >= 4 is 28.5 Å². The predicted molar refractivity (Wildman–Crippen MR) is 127 cm³/mol. The Kier molecular flexibility index (Phi) is 6.64. The van der Waals surface area contributed by atoms with E-state index in [0.29, 0.717) is 37.5 Å². The quantitative estimate of drug-likeness (QED) is 0.697. The second kappa shape index (κ2) is 9.81. The molecule has 33 heavy (non-hydrogen) atoms. The molecule has 0 saturated carbocycles. The van der Waals surface area contributed by atoms with E-state index in [9.17, 15) is 9.59 Å². The SMILES string of the molecule is COCCN(C[C@@H]1CCCN2CCCC[C@@H]12)C(=O)[C@@H]1CC(=O)N(c2n[nH]c3ccccc23)C1. The summed E-state index contributed by atoms with van der Waals surface area (Å²) in [6, 6.07) is 8.37. The van der Waals surface area contributed by atoms with Crippen molar-refractivity contribution in [1.29, 1.82) is 0 Å². The molecule has 0 radical (unpaired) electrons. The van der Waals surface area contributed by atoms with Crippen molar-refractivity contribution in [1.82, 2.24) is 20.0 Å². The molecule has 3 atom stereocenters. The minimum atomic E-state index is -0.337. The number of para-hydroxylation sites is 1. The third kappa shape index (κ3) is 4.51. The lowest BCUT2D eigenvalue weighted by atomic mass is 9.83. The van der Waals surface area contributed by atoms with Gasteiger partial charge in [-0.15, -0.1) is 0 Å². The number of H-pyrrole nitrogens is 1. The number of piperidine rings is 2. The van der Waals surface area contributed by atoms with Gasteiger partial charge in [-0.2, -0.15) is 5.10 Å². The number of ether oxygens (including phenoxy) is 1. The summed E-state index contributed by atoms with van der Waals surface area (Å²) >= 11 is 0. The Bertz CT molecular complexity index is 989. The summed E-state index contributed by atoms with van der Waals surface area (Å²) in [5, 5.41) is 8.30. The molecule has 1 aromatic carbocycles. The number of rotatable bonds is 7. The highest BCUT2D eigenvalue weighted by Gasteiger charge is 2.40. The smallest absolute Gasteiger partial charge is 0.229 e. The summed E-state index contributed by atoms with van der Waals surface area (Å²) in [6.45, 7) is 4.62. The Labute approximate surface area is 195 Å². The van der Waals surface area contributed by atoms with Crippen LogP contribution in [0.3, 0.4) is 0 Å². The highest BCUT2D eigenvalue weighted by Crippen LogP contribution is 2.33. The van der Waals surface area contributed by atoms with Crippen molar-refractivity contribution in [2.75, 3.05) is 51.3 Å². The minimum Gasteiger partial charge on any atom is -0.383 e. The van der Waals surface area contributed by atoms with Gasteiger partial charge in [0.15, 0.2) is 5.82 Å². The van der Waals surface area contributed by atoms with Crippen LogP contribution in [-0.4, -0.2) is 84.3 Å². The number of benzene rings is 1. The Balaban J connectivity index is 1.30. The fraction of sp³-hybridized carbons (Fsp3) is 0.640. The summed E-state index contributed by atoms with van der Waals surface area (Å²) in [4.78, 5) is 32.9. The number of hydrogen-bond donors (Lipinski definition) is 1. The molecule has 8 nitrogen and oxygen atoms in total. The van der Waals surface area contributed by atoms with Crippen molar-refractivity contribution in [3.05, 3.63) is 24.3 Å². The average Bonchev–Trinajstić information content (AvgIpc) is 3.44. The van der Waals surface area contributed by atoms with E-state index in [0.717, 1.165) is 17.4 Å². The number of carbonyl (C=O) groups excluding carboxylic acids is 2. The Morgan fingerprint density at radius 3 is 2.94 bits per heavy atom. The lowest BCUT2D eigenvalue weighted by Gasteiger charge is -2.46. The number of nitrogens with zero attached hydrogens (tertiary/aromatic N) is 4. The average molecular weight is 454 g/mol. The molecule has 0 aliphatic carbocycles. The summed E-state index contributed by atoms with van der Waals surface area (Å²) in [7, 11) is 1.68. The molecule has 8 heteroatoms. The molecule has 0 spiro atoms. The molecule has 178 valence electrons. The molecule has 1 aromatic heterocycles. The third-order valence-electron chi connectivity index (χ3n) is 7.74. The number of nitrogens with one attached hydrogen (secondary N) is 1.